The molecule has 14 heavy (non-hydrogen) atoms. The van der Waals surface area contributed by atoms with Gasteiger partial charge in [0.2, 0.25) is 0 Å². The van der Waals surface area contributed by atoms with Crippen LogP contribution in [0.5, 0.6) is 0 Å². The van der Waals surface area contributed by atoms with Gasteiger partial charge in [-0.15, -0.1) is 0 Å². The Kier molecular flexibility index (Phi) is 3.11. The van der Waals surface area contributed by atoms with E-state index in [4.69, 9.17) is 0 Å². The molecule has 0 saturated carbocycles. The van der Waals surface area contributed by atoms with Crippen molar-refractivity contribution < 1.29 is 22.7 Å². The first-order valence-corrected chi connectivity index (χ1v) is 3.77. The third-order valence-electron chi connectivity index (χ3n) is 1.67. The first kappa shape index (κ1) is 10.6. The van der Waals surface area contributed by atoms with Gasteiger partial charge < -0.3 is 4.74 Å². The van der Waals surface area contributed by atoms with Gasteiger partial charge >= 0.3 is 5.97 Å². The lowest BCUT2D eigenvalue weighted by Crippen LogP contribution is -2.04. The molecule has 1 aliphatic carbocycles. The monoisotopic (exact) mass is 204 g/mol. The number of hydrogen-bond donors (Lipinski definition) is 0. The summed E-state index contributed by atoms with van der Waals surface area (Å²) >= 11 is 0. The second-order valence-electron chi connectivity index (χ2n) is 2.63. The summed E-state index contributed by atoms with van der Waals surface area (Å²) in [5, 5.41) is 0. The van der Waals surface area contributed by atoms with Gasteiger partial charge in [-0.25, -0.2) is 18.0 Å². The number of hydrogen-bond acceptors (Lipinski definition) is 2. The molecular formula is C9H7F3O2. The van der Waals surface area contributed by atoms with Gasteiger partial charge in [-0.3, -0.25) is 0 Å². The molecule has 76 valence electrons. The van der Waals surface area contributed by atoms with Crippen LogP contribution in [0, 0.1) is 0 Å². The van der Waals surface area contributed by atoms with Crippen LogP contribution in [0.4, 0.5) is 13.2 Å². The van der Waals surface area contributed by atoms with Gasteiger partial charge in [0.1, 0.15) is 12.4 Å². The van der Waals surface area contributed by atoms with Gasteiger partial charge in [-0.2, -0.15) is 0 Å². The van der Waals surface area contributed by atoms with E-state index in [1.807, 2.05) is 0 Å². The zero-order valence-corrected chi connectivity index (χ0v) is 7.15. The van der Waals surface area contributed by atoms with Crippen LogP contribution in [-0.2, 0) is 9.53 Å². The Morgan fingerprint density at radius 2 is 2.07 bits per heavy atom. The average Bonchev–Trinajstić information content (AvgIpc) is 2.42. The molecule has 1 aliphatic rings. The van der Waals surface area contributed by atoms with Crippen molar-refractivity contribution in [3.8, 4) is 0 Å². The second kappa shape index (κ2) is 4.13. The first-order chi connectivity index (χ1) is 6.56. The van der Waals surface area contributed by atoms with Crippen LogP contribution in [-0.4, -0.2) is 12.6 Å². The zero-order valence-electron chi connectivity index (χ0n) is 7.15. The fourth-order valence-corrected chi connectivity index (χ4v) is 0.948. The molecule has 2 nitrogen and oxygen atoms in total. The standard InChI is InChI=1S/C9H7F3O2/c1-2-7(13)14-4-5-3-6(10)9(12)8(5)11/h2H,1,3-4H2. The van der Waals surface area contributed by atoms with E-state index in [1.165, 1.54) is 0 Å². The highest BCUT2D eigenvalue weighted by atomic mass is 19.2. The van der Waals surface area contributed by atoms with Crippen molar-refractivity contribution in [2.24, 2.45) is 0 Å². The van der Waals surface area contributed by atoms with E-state index in [0.29, 0.717) is 0 Å². The molecule has 0 radical (unpaired) electrons. The van der Waals surface area contributed by atoms with Gasteiger partial charge in [-0.05, 0) is 0 Å². The van der Waals surface area contributed by atoms with Crippen molar-refractivity contribution in [1.29, 1.82) is 0 Å². The van der Waals surface area contributed by atoms with Crippen molar-refractivity contribution in [2.45, 2.75) is 6.42 Å². The molecule has 0 spiro atoms. The van der Waals surface area contributed by atoms with E-state index < -0.39 is 36.5 Å². The molecule has 0 aliphatic heterocycles. The third-order valence-corrected chi connectivity index (χ3v) is 1.67. The highest BCUT2D eigenvalue weighted by molar-refractivity contribution is 5.81. The van der Waals surface area contributed by atoms with Crippen molar-refractivity contribution in [1.82, 2.24) is 0 Å². The smallest absolute Gasteiger partial charge is 0.330 e. The summed E-state index contributed by atoms with van der Waals surface area (Å²) in [6.45, 7) is 2.65. The molecule has 0 N–H and O–H groups in total. The van der Waals surface area contributed by atoms with Crippen LogP contribution in [0.15, 0.2) is 35.7 Å². The Bertz CT molecular complexity index is 342. The number of ether oxygens (including phenoxy) is 1. The van der Waals surface area contributed by atoms with E-state index in [-0.39, 0.29) is 5.57 Å². The molecule has 1 rings (SSSR count). The maximum Gasteiger partial charge on any atom is 0.330 e. The van der Waals surface area contributed by atoms with E-state index in [9.17, 15) is 18.0 Å². The molecule has 0 aromatic rings. The van der Waals surface area contributed by atoms with E-state index in [2.05, 4.69) is 11.3 Å². The average molecular weight is 204 g/mol. The lowest BCUT2D eigenvalue weighted by Gasteiger charge is -2.01. The Morgan fingerprint density at radius 3 is 2.50 bits per heavy atom. The molecule has 0 bridgehead atoms. The topological polar surface area (TPSA) is 26.3 Å². The molecule has 5 heteroatoms. The maximum absolute atomic E-state index is 12.8. The molecule has 0 unspecified atom stereocenters. The zero-order chi connectivity index (χ0) is 10.7. The van der Waals surface area contributed by atoms with Crippen LogP contribution in [0.3, 0.4) is 0 Å². The van der Waals surface area contributed by atoms with Crippen LogP contribution in [0.1, 0.15) is 6.42 Å². The number of esters is 1. The van der Waals surface area contributed by atoms with Crippen LogP contribution >= 0.6 is 0 Å². The molecule has 0 fully saturated rings. The van der Waals surface area contributed by atoms with Gasteiger partial charge in [0.25, 0.3) is 0 Å². The lowest BCUT2D eigenvalue weighted by molar-refractivity contribution is -0.136. The normalized spacial score (nSPS) is 16.2. The molecule has 0 heterocycles. The lowest BCUT2D eigenvalue weighted by atomic mass is 10.2. The van der Waals surface area contributed by atoms with Crippen LogP contribution in [0.2, 0.25) is 0 Å². The number of rotatable bonds is 3. The minimum Gasteiger partial charge on any atom is -0.458 e. The number of halogens is 3. The molecule has 0 amide bonds. The summed E-state index contributed by atoms with van der Waals surface area (Å²) in [5.41, 5.74) is -0.213. The number of allylic oxidation sites excluding steroid dienone is 3. The second-order valence-corrected chi connectivity index (χ2v) is 2.63. The van der Waals surface area contributed by atoms with Crippen molar-refractivity contribution in [3.63, 3.8) is 0 Å². The van der Waals surface area contributed by atoms with Crippen molar-refractivity contribution >= 4 is 5.97 Å². The summed E-state index contributed by atoms with van der Waals surface area (Å²) in [5.74, 6) is -4.72. The minimum atomic E-state index is -1.50. The molecular weight excluding hydrogens is 197 g/mol. The summed E-state index contributed by atoms with van der Waals surface area (Å²) in [6.07, 6.45) is 0.398. The number of carbonyl (C=O) groups excluding carboxylic acids is 1. The number of carbonyl (C=O) groups is 1. The van der Waals surface area contributed by atoms with Gasteiger partial charge in [0, 0.05) is 18.1 Å². The fourth-order valence-electron chi connectivity index (χ4n) is 0.948. The molecule has 0 aromatic carbocycles. The maximum atomic E-state index is 12.8. The third kappa shape index (κ3) is 2.04. The Morgan fingerprint density at radius 1 is 1.43 bits per heavy atom. The van der Waals surface area contributed by atoms with Gasteiger partial charge in [0.05, 0.1) is 0 Å². The van der Waals surface area contributed by atoms with Gasteiger partial charge in [0.15, 0.2) is 11.7 Å². The predicted octanol–water partition coefficient (Wildman–Crippen LogP) is 2.49. The van der Waals surface area contributed by atoms with E-state index >= 15 is 0 Å². The highest BCUT2D eigenvalue weighted by Gasteiger charge is 2.26. The summed E-state index contributed by atoms with van der Waals surface area (Å²) in [7, 11) is 0. The van der Waals surface area contributed by atoms with Crippen LogP contribution < -0.4 is 0 Å². The SMILES string of the molecule is C=CC(=O)OCC1=C(F)C(F)=C(F)C1. The summed E-state index contributed by atoms with van der Waals surface area (Å²) < 4.78 is 42.2. The molecule has 0 atom stereocenters. The van der Waals surface area contributed by atoms with Crippen LogP contribution in [0.25, 0.3) is 0 Å². The molecule has 0 saturated heterocycles. The predicted molar refractivity (Wildman–Crippen MR) is 43.1 cm³/mol. The largest absolute Gasteiger partial charge is 0.458 e. The quantitative estimate of drug-likeness (QED) is 0.521. The van der Waals surface area contributed by atoms with Crippen molar-refractivity contribution in [3.05, 3.63) is 35.7 Å². The first-order valence-electron chi connectivity index (χ1n) is 3.77. The van der Waals surface area contributed by atoms with E-state index in [1.54, 1.807) is 0 Å². The Hall–Kier alpha value is -1.52. The highest BCUT2D eigenvalue weighted by Crippen LogP contribution is 2.34. The summed E-state index contributed by atoms with van der Waals surface area (Å²) in [6, 6.07) is 0. The Labute approximate surface area is 78.4 Å². The Balaban J connectivity index is 2.58. The molecule has 0 aromatic heterocycles. The van der Waals surface area contributed by atoms with Crippen molar-refractivity contribution in [2.75, 3.05) is 6.61 Å². The minimum absolute atomic E-state index is 0.213. The fraction of sp³-hybridized carbons (Fsp3) is 0.222. The van der Waals surface area contributed by atoms with Gasteiger partial charge in [-0.1, -0.05) is 6.58 Å². The summed E-state index contributed by atoms with van der Waals surface area (Å²) in [4.78, 5) is 10.6. The van der Waals surface area contributed by atoms with E-state index in [0.717, 1.165) is 6.08 Å².